The first-order valence-corrected chi connectivity index (χ1v) is 12.1. The first kappa shape index (κ1) is 24.1. The van der Waals surface area contributed by atoms with Gasteiger partial charge < -0.3 is 14.8 Å². The van der Waals surface area contributed by atoms with Crippen LogP contribution in [0.5, 0.6) is 5.75 Å². The highest BCUT2D eigenvalue weighted by Gasteiger charge is 2.34. The maximum absolute atomic E-state index is 14.0. The lowest BCUT2D eigenvalue weighted by Crippen LogP contribution is -2.45. The molecule has 0 spiro atoms. The van der Waals surface area contributed by atoms with E-state index in [1.807, 2.05) is 0 Å². The van der Waals surface area contributed by atoms with E-state index in [4.69, 9.17) is 9.47 Å². The second kappa shape index (κ2) is 10.6. The lowest BCUT2D eigenvalue weighted by atomic mass is 10.0. The molecule has 8 heteroatoms. The van der Waals surface area contributed by atoms with Crippen molar-refractivity contribution in [3.8, 4) is 17.0 Å². The van der Waals surface area contributed by atoms with Crippen LogP contribution in [0.1, 0.15) is 28.8 Å². The number of rotatable bonds is 8. The Labute approximate surface area is 209 Å². The second-order valence-corrected chi connectivity index (χ2v) is 9.25. The van der Waals surface area contributed by atoms with Crippen LogP contribution in [0, 0.1) is 5.82 Å². The number of carbonyl (C=O) groups is 2. The van der Waals surface area contributed by atoms with Crippen LogP contribution in [0.25, 0.3) is 11.3 Å². The zero-order chi connectivity index (χ0) is 25.1. The summed E-state index contributed by atoms with van der Waals surface area (Å²) in [6, 6.07) is 14.9. The molecule has 1 amide bonds. The van der Waals surface area contributed by atoms with Gasteiger partial charge in [-0.15, -0.1) is 0 Å². The van der Waals surface area contributed by atoms with Crippen LogP contribution in [0.2, 0.25) is 0 Å². The summed E-state index contributed by atoms with van der Waals surface area (Å²) >= 11 is 0. The third-order valence-corrected chi connectivity index (χ3v) is 6.62. The van der Waals surface area contributed by atoms with E-state index in [2.05, 4.69) is 15.2 Å². The van der Waals surface area contributed by atoms with Gasteiger partial charge in [0.1, 0.15) is 11.6 Å². The highest BCUT2D eigenvalue weighted by molar-refractivity contribution is 6.00. The van der Waals surface area contributed by atoms with Gasteiger partial charge in [0.15, 0.2) is 5.78 Å². The van der Waals surface area contributed by atoms with E-state index in [-0.39, 0.29) is 42.7 Å². The molecule has 5 rings (SSSR count). The summed E-state index contributed by atoms with van der Waals surface area (Å²) in [4.78, 5) is 32.2. The SMILES string of the molecule is COc1ccc(C(=O)Cc2ccc(-c3ccccc3F)nc2)cc1NC(=O)CN1CC2CCC(C1)O2. The average Bonchev–Trinajstić information content (AvgIpc) is 3.22. The first-order valence-electron chi connectivity index (χ1n) is 12.1. The van der Waals surface area contributed by atoms with Crippen LogP contribution < -0.4 is 10.1 Å². The smallest absolute Gasteiger partial charge is 0.238 e. The summed E-state index contributed by atoms with van der Waals surface area (Å²) in [5.74, 6) is -0.147. The number of fused-ring (bicyclic) bond motifs is 2. The van der Waals surface area contributed by atoms with Crippen LogP contribution in [0.4, 0.5) is 10.1 Å². The van der Waals surface area contributed by atoms with Crippen molar-refractivity contribution in [3.63, 3.8) is 0 Å². The van der Waals surface area contributed by atoms with Gasteiger partial charge in [-0.3, -0.25) is 19.5 Å². The number of anilines is 1. The number of benzene rings is 2. The Morgan fingerprint density at radius 3 is 2.58 bits per heavy atom. The quantitative estimate of drug-likeness (QED) is 0.480. The van der Waals surface area contributed by atoms with Gasteiger partial charge in [0, 0.05) is 36.8 Å². The average molecular weight is 490 g/mol. The Morgan fingerprint density at radius 1 is 1.11 bits per heavy atom. The number of carbonyl (C=O) groups excluding carboxylic acids is 2. The molecule has 2 saturated heterocycles. The molecule has 0 radical (unpaired) electrons. The van der Waals surface area contributed by atoms with E-state index < -0.39 is 0 Å². The van der Waals surface area contributed by atoms with E-state index in [0.29, 0.717) is 33.8 Å². The van der Waals surface area contributed by atoms with Crippen LogP contribution >= 0.6 is 0 Å². The van der Waals surface area contributed by atoms with Gasteiger partial charge in [0.25, 0.3) is 0 Å². The molecular formula is C28H28FN3O4. The number of ketones is 1. The monoisotopic (exact) mass is 489 g/mol. The molecule has 36 heavy (non-hydrogen) atoms. The van der Waals surface area contributed by atoms with Crippen molar-refractivity contribution in [2.75, 3.05) is 32.1 Å². The summed E-state index contributed by atoms with van der Waals surface area (Å²) in [5, 5.41) is 2.90. The van der Waals surface area contributed by atoms with Crippen molar-refractivity contribution in [1.29, 1.82) is 0 Å². The van der Waals surface area contributed by atoms with Crippen molar-refractivity contribution in [3.05, 3.63) is 77.7 Å². The van der Waals surface area contributed by atoms with E-state index in [1.54, 1.807) is 54.7 Å². The number of methoxy groups -OCH3 is 1. The Kier molecular flexibility index (Phi) is 7.06. The Bertz CT molecular complexity index is 1250. The second-order valence-electron chi connectivity index (χ2n) is 9.25. The number of pyridine rings is 1. The number of likely N-dealkylation sites (tertiary alicyclic amines) is 1. The van der Waals surface area contributed by atoms with Crippen LogP contribution in [-0.4, -0.2) is 60.5 Å². The summed E-state index contributed by atoms with van der Waals surface area (Å²) in [5.41, 5.74) is 2.54. The molecule has 1 N–H and O–H groups in total. The molecule has 2 aliphatic heterocycles. The topological polar surface area (TPSA) is 80.8 Å². The van der Waals surface area contributed by atoms with Crippen molar-refractivity contribution < 1.29 is 23.5 Å². The summed E-state index contributed by atoms with van der Waals surface area (Å²) in [6.45, 7) is 1.77. The van der Waals surface area contributed by atoms with Crippen molar-refractivity contribution in [1.82, 2.24) is 9.88 Å². The lowest BCUT2D eigenvalue weighted by Gasteiger charge is -2.31. The standard InChI is InChI=1S/C28H28FN3O4/c1-35-27-11-7-19(13-25(27)31-28(34)17-32-15-20-8-9-21(16-32)36-20)26(33)12-18-6-10-24(30-14-18)22-4-2-3-5-23(22)29/h2-7,10-11,13-14,20-21H,8-9,12,15-17H2,1H3,(H,31,34). The van der Waals surface area contributed by atoms with Gasteiger partial charge in [0.05, 0.1) is 37.2 Å². The molecule has 7 nitrogen and oxygen atoms in total. The third-order valence-electron chi connectivity index (χ3n) is 6.62. The molecule has 2 aromatic carbocycles. The van der Waals surface area contributed by atoms with Gasteiger partial charge in [0.2, 0.25) is 5.91 Å². The number of hydrogen-bond donors (Lipinski definition) is 1. The summed E-state index contributed by atoms with van der Waals surface area (Å²) in [7, 11) is 1.52. The third kappa shape index (κ3) is 5.45. The molecule has 2 unspecified atom stereocenters. The van der Waals surface area contributed by atoms with Crippen LogP contribution in [-0.2, 0) is 16.0 Å². The van der Waals surface area contributed by atoms with Gasteiger partial charge in [-0.05, 0) is 54.8 Å². The van der Waals surface area contributed by atoms with Crippen LogP contribution in [0.15, 0.2) is 60.8 Å². The summed E-state index contributed by atoms with van der Waals surface area (Å²) in [6.07, 6.45) is 4.22. The zero-order valence-electron chi connectivity index (χ0n) is 20.1. The number of ether oxygens (including phenoxy) is 2. The normalized spacial score (nSPS) is 19.2. The van der Waals surface area contributed by atoms with Crippen molar-refractivity contribution >= 4 is 17.4 Å². The molecular weight excluding hydrogens is 461 g/mol. The highest BCUT2D eigenvalue weighted by Crippen LogP contribution is 2.28. The number of nitrogens with one attached hydrogen (secondary N) is 1. The minimum absolute atomic E-state index is 0.126. The molecule has 2 bridgehead atoms. The molecule has 1 aromatic heterocycles. The maximum Gasteiger partial charge on any atom is 0.238 e. The molecule has 0 aliphatic carbocycles. The first-order chi connectivity index (χ1) is 17.5. The number of halogens is 1. The van der Waals surface area contributed by atoms with Gasteiger partial charge >= 0.3 is 0 Å². The van der Waals surface area contributed by atoms with Crippen molar-refractivity contribution in [2.45, 2.75) is 31.5 Å². The zero-order valence-corrected chi connectivity index (χ0v) is 20.1. The molecule has 2 fully saturated rings. The number of morpholine rings is 1. The molecule has 3 heterocycles. The number of aromatic nitrogens is 1. The predicted octanol–water partition coefficient (Wildman–Crippen LogP) is 4.12. The van der Waals surface area contributed by atoms with E-state index in [0.717, 1.165) is 25.9 Å². The fraction of sp³-hybridized carbons (Fsp3) is 0.321. The fourth-order valence-electron chi connectivity index (χ4n) is 4.84. The molecule has 3 aromatic rings. The number of hydrogen-bond acceptors (Lipinski definition) is 6. The van der Waals surface area contributed by atoms with Gasteiger partial charge in [-0.25, -0.2) is 4.39 Å². The molecule has 186 valence electrons. The molecule has 2 atom stereocenters. The largest absolute Gasteiger partial charge is 0.495 e. The number of nitrogens with zero attached hydrogens (tertiary/aromatic N) is 2. The number of amides is 1. The Morgan fingerprint density at radius 2 is 1.89 bits per heavy atom. The Hall–Kier alpha value is -3.62. The predicted molar refractivity (Wildman–Crippen MR) is 134 cm³/mol. The van der Waals surface area contributed by atoms with Crippen molar-refractivity contribution in [2.24, 2.45) is 0 Å². The minimum atomic E-state index is -0.345. The fourth-order valence-corrected chi connectivity index (χ4v) is 4.84. The minimum Gasteiger partial charge on any atom is -0.495 e. The molecule has 2 aliphatic rings. The van der Waals surface area contributed by atoms with E-state index >= 15 is 0 Å². The van der Waals surface area contributed by atoms with Crippen LogP contribution in [0.3, 0.4) is 0 Å². The maximum atomic E-state index is 14.0. The number of Topliss-reactive ketones (excluding diaryl/α,β-unsaturated/α-hetero) is 1. The summed E-state index contributed by atoms with van der Waals surface area (Å²) < 4.78 is 25.3. The highest BCUT2D eigenvalue weighted by atomic mass is 19.1. The molecule has 0 saturated carbocycles. The van der Waals surface area contributed by atoms with E-state index in [1.165, 1.54) is 13.2 Å². The Balaban J connectivity index is 1.24. The van der Waals surface area contributed by atoms with Gasteiger partial charge in [-0.2, -0.15) is 0 Å². The van der Waals surface area contributed by atoms with E-state index in [9.17, 15) is 14.0 Å². The van der Waals surface area contributed by atoms with Gasteiger partial charge in [-0.1, -0.05) is 18.2 Å². The lowest BCUT2D eigenvalue weighted by molar-refractivity contribution is -0.119.